The quantitative estimate of drug-likeness (QED) is 0.788. The Morgan fingerprint density at radius 3 is 2.62 bits per heavy atom. The topological polar surface area (TPSA) is 82.7 Å². The summed E-state index contributed by atoms with van der Waals surface area (Å²) < 4.78 is 41.7. The first kappa shape index (κ1) is 15.3. The van der Waals surface area contributed by atoms with Crippen molar-refractivity contribution in [3.63, 3.8) is 0 Å². The fourth-order valence-electron chi connectivity index (χ4n) is 1.90. The molecule has 1 aromatic carbocycles. The summed E-state index contributed by atoms with van der Waals surface area (Å²) in [4.78, 5) is 11.1. The minimum atomic E-state index is -4.72. The number of alkyl halides is 3. The number of aliphatic hydroxyl groups excluding tert-OH is 1. The van der Waals surface area contributed by atoms with Gasteiger partial charge >= 0.3 is 12.1 Å². The number of hydrogen-bond acceptors (Lipinski definition) is 4. The van der Waals surface area contributed by atoms with E-state index in [9.17, 15) is 18.0 Å². The summed E-state index contributed by atoms with van der Waals surface area (Å²) in [6.07, 6.45) is -7.23. The molecule has 0 saturated carbocycles. The van der Waals surface area contributed by atoms with E-state index >= 15 is 0 Å². The van der Waals surface area contributed by atoms with E-state index in [1.165, 1.54) is 0 Å². The van der Waals surface area contributed by atoms with Gasteiger partial charge in [-0.2, -0.15) is 13.2 Å². The standard InChI is InChI=1S/C13H12F3NO4/c14-13(15,16)10(18)6-17-5-8-7-3-1-2-4-9(7)21-11(8)12(19)20/h1-4,10,17-18H,5-6H2,(H,19,20). The molecule has 0 saturated heterocycles. The number of fused-ring (bicyclic) bond motifs is 1. The Morgan fingerprint density at radius 2 is 2.00 bits per heavy atom. The van der Waals surface area contributed by atoms with Crippen LogP contribution >= 0.6 is 0 Å². The number of aromatic carboxylic acids is 1. The third-order valence-corrected chi connectivity index (χ3v) is 2.91. The number of rotatable bonds is 5. The van der Waals surface area contributed by atoms with Crippen LogP contribution < -0.4 is 5.32 Å². The van der Waals surface area contributed by atoms with Crippen LogP contribution in [0.25, 0.3) is 11.0 Å². The van der Waals surface area contributed by atoms with Gasteiger partial charge in [-0.25, -0.2) is 4.79 Å². The predicted octanol–water partition coefficient (Wildman–Crippen LogP) is 2.14. The van der Waals surface area contributed by atoms with Crippen molar-refractivity contribution >= 4 is 16.9 Å². The summed E-state index contributed by atoms with van der Waals surface area (Å²) in [6.45, 7) is -0.895. The number of hydrogen-bond donors (Lipinski definition) is 3. The fourth-order valence-corrected chi connectivity index (χ4v) is 1.90. The first-order chi connectivity index (χ1) is 9.80. The molecule has 0 spiro atoms. The summed E-state index contributed by atoms with van der Waals surface area (Å²) >= 11 is 0. The highest BCUT2D eigenvalue weighted by molar-refractivity contribution is 5.95. The van der Waals surface area contributed by atoms with Crippen molar-refractivity contribution in [1.82, 2.24) is 5.32 Å². The third-order valence-electron chi connectivity index (χ3n) is 2.91. The van der Waals surface area contributed by atoms with Gasteiger partial charge in [0.2, 0.25) is 5.76 Å². The second-order valence-corrected chi connectivity index (χ2v) is 4.40. The Labute approximate surface area is 117 Å². The number of benzene rings is 1. The number of aliphatic hydroxyl groups is 1. The predicted molar refractivity (Wildman–Crippen MR) is 66.9 cm³/mol. The largest absolute Gasteiger partial charge is 0.475 e. The van der Waals surface area contributed by atoms with E-state index in [0.29, 0.717) is 11.0 Å². The number of carbonyl (C=O) groups is 1. The van der Waals surface area contributed by atoms with Gasteiger partial charge in [0, 0.05) is 24.0 Å². The highest BCUT2D eigenvalue weighted by atomic mass is 19.4. The highest BCUT2D eigenvalue weighted by Gasteiger charge is 2.37. The molecule has 0 bridgehead atoms. The average molecular weight is 303 g/mol. The fraction of sp³-hybridized carbons (Fsp3) is 0.308. The molecule has 1 aromatic heterocycles. The van der Waals surface area contributed by atoms with E-state index in [-0.39, 0.29) is 17.9 Å². The molecule has 1 heterocycles. The number of nitrogens with one attached hydrogen (secondary N) is 1. The molecule has 0 aliphatic carbocycles. The van der Waals surface area contributed by atoms with E-state index in [4.69, 9.17) is 14.6 Å². The van der Waals surface area contributed by atoms with Gasteiger partial charge in [-0.05, 0) is 6.07 Å². The molecular formula is C13H12F3NO4. The smallest absolute Gasteiger partial charge is 0.415 e. The molecule has 0 radical (unpaired) electrons. The van der Waals surface area contributed by atoms with Crippen molar-refractivity contribution in [1.29, 1.82) is 0 Å². The van der Waals surface area contributed by atoms with E-state index < -0.39 is 24.8 Å². The zero-order valence-corrected chi connectivity index (χ0v) is 10.6. The molecule has 2 aromatic rings. The van der Waals surface area contributed by atoms with Gasteiger partial charge in [0.1, 0.15) is 5.58 Å². The molecule has 114 valence electrons. The van der Waals surface area contributed by atoms with Gasteiger partial charge in [0.05, 0.1) is 0 Å². The molecule has 5 nitrogen and oxygen atoms in total. The lowest BCUT2D eigenvalue weighted by Gasteiger charge is -2.14. The van der Waals surface area contributed by atoms with Gasteiger partial charge in [0.25, 0.3) is 0 Å². The first-order valence-corrected chi connectivity index (χ1v) is 6.00. The van der Waals surface area contributed by atoms with Gasteiger partial charge in [0.15, 0.2) is 6.10 Å². The van der Waals surface area contributed by atoms with E-state index in [1.54, 1.807) is 24.3 Å². The van der Waals surface area contributed by atoms with Crippen LogP contribution in [0.3, 0.4) is 0 Å². The van der Waals surface area contributed by atoms with Crippen LogP contribution in [0.1, 0.15) is 16.1 Å². The number of carboxylic acids is 1. The van der Waals surface area contributed by atoms with Crippen molar-refractivity contribution in [2.75, 3.05) is 6.54 Å². The molecule has 2 rings (SSSR count). The molecule has 3 N–H and O–H groups in total. The average Bonchev–Trinajstić information content (AvgIpc) is 2.77. The highest BCUT2D eigenvalue weighted by Crippen LogP contribution is 2.26. The van der Waals surface area contributed by atoms with E-state index in [1.807, 2.05) is 0 Å². The van der Waals surface area contributed by atoms with Crippen molar-refractivity contribution in [3.8, 4) is 0 Å². The summed E-state index contributed by atoms with van der Waals surface area (Å²) in [6, 6.07) is 6.50. The van der Waals surface area contributed by atoms with E-state index in [2.05, 4.69) is 5.32 Å². The molecule has 0 amide bonds. The summed E-state index contributed by atoms with van der Waals surface area (Å²) in [5.41, 5.74) is 0.579. The number of furan rings is 1. The van der Waals surface area contributed by atoms with Crippen molar-refractivity contribution in [2.24, 2.45) is 0 Å². The maximum atomic E-state index is 12.2. The zero-order valence-electron chi connectivity index (χ0n) is 10.6. The Kier molecular flexibility index (Phi) is 4.19. The Balaban J connectivity index is 2.18. The Morgan fingerprint density at radius 1 is 1.33 bits per heavy atom. The van der Waals surface area contributed by atoms with Gasteiger partial charge in [-0.3, -0.25) is 0 Å². The number of carboxylic acid groups (broad SMARTS) is 1. The van der Waals surface area contributed by atoms with Crippen LogP contribution in [-0.2, 0) is 6.54 Å². The lowest BCUT2D eigenvalue weighted by Crippen LogP contribution is -2.38. The van der Waals surface area contributed by atoms with Gasteiger partial charge in [-0.1, -0.05) is 18.2 Å². The van der Waals surface area contributed by atoms with Crippen molar-refractivity contribution < 1.29 is 32.6 Å². The lowest BCUT2D eigenvalue weighted by atomic mass is 10.1. The van der Waals surface area contributed by atoms with Crippen LogP contribution in [-0.4, -0.2) is 35.0 Å². The molecule has 1 unspecified atom stereocenters. The molecule has 0 aliphatic heterocycles. The number of para-hydroxylation sites is 1. The SMILES string of the molecule is O=C(O)c1oc2ccccc2c1CNCC(O)C(F)(F)F. The Bertz CT molecular complexity index is 650. The summed E-state index contributed by atoms with van der Waals surface area (Å²) in [7, 11) is 0. The minimum Gasteiger partial charge on any atom is -0.475 e. The third kappa shape index (κ3) is 3.34. The van der Waals surface area contributed by atoms with Crippen LogP contribution in [0.4, 0.5) is 13.2 Å². The Hall–Kier alpha value is -2.06. The monoisotopic (exact) mass is 303 g/mol. The molecule has 21 heavy (non-hydrogen) atoms. The zero-order chi connectivity index (χ0) is 15.6. The summed E-state index contributed by atoms with van der Waals surface area (Å²) in [5.74, 6) is -1.63. The van der Waals surface area contributed by atoms with Crippen LogP contribution in [0.2, 0.25) is 0 Å². The van der Waals surface area contributed by atoms with Gasteiger partial charge in [-0.15, -0.1) is 0 Å². The molecule has 8 heteroatoms. The van der Waals surface area contributed by atoms with Crippen molar-refractivity contribution in [3.05, 3.63) is 35.6 Å². The summed E-state index contributed by atoms with van der Waals surface area (Å²) in [5, 5.41) is 20.8. The van der Waals surface area contributed by atoms with E-state index in [0.717, 1.165) is 0 Å². The maximum absolute atomic E-state index is 12.2. The van der Waals surface area contributed by atoms with Crippen LogP contribution in [0, 0.1) is 0 Å². The maximum Gasteiger partial charge on any atom is 0.415 e. The molecule has 0 fully saturated rings. The second-order valence-electron chi connectivity index (χ2n) is 4.40. The van der Waals surface area contributed by atoms with Crippen LogP contribution in [0.5, 0.6) is 0 Å². The molecule has 0 aliphatic rings. The second kappa shape index (κ2) is 5.74. The molecular weight excluding hydrogens is 291 g/mol. The minimum absolute atomic E-state index is 0.161. The molecule has 1 atom stereocenters. The van der Waals surface area contributed by atoms with Crippen molar-refractivity contribution in [2.45, 2.75) is 18.8 Å². The normalized spacial score (nSPS) is 13.5. The lowest BCUT2D eigenvalue weighted by molar-refractivity contribution is -0.201. The first-order valence-electron chi connectivity index (χ1n) is 6.00. The van der Waals surface area contributed by atoms with Gasteiger partial charge < -0.3 is 19.9 Å². The number of halogens is 3. The van der Waals surface area contributed by atoms with Crippen LogP contribution in [0.15, 0.2) is 28.7 Å².